The lowest BCUT2D eigenvalue weighted by atomic mass is 10.2. The molecular formula is C9H17N. The summed E-state index contributed by atoms with van der Waals surface area (Å²) < 4.78 is 0. The lowest BCUT2D eigenvalue weighted by Gasteiger charge is -1.90. The second-order valence-corrected chi connectivity index (χ2v) is 2.36. The standard InChI is InChI=1S/C9H17N/c1-4-5-6-9(2)7-8-10-3/h6-8,10H,4-5H2,1-3H3/b8-7-,9-6-. The SMILES string of the molecule is CCC/C=C(C)\C=C/NC. The van der Waals surface area contributed by atoms with Crippen LogP contribution < -0.4 is 5.32 Å². The van der Waals surface area contributed by atoms with Gasteiger partial charge in [-0.3, -0.25) is 0 Å². The smallest absolute Gasteiger partial charge is 0.00277 e. The van der Waals surface area contributed by atoms with Gasteiger partial charge in [0.05, 0.1) is 0 Å². The van der Waals surface area contributed by atoms with Gasteiger partial charge in [0.1, 0.15) is 0 Å². The van der Waals surface area contributed by atoms with E-state index < -0.39 is 0 Å². The van der Waals surface area contributed by atoms with Crippen LogP contribution in [0.2, 0.25) is 0 Å². The van der Waals surface area contributed by atoms with Gasteiger partial charge in [-0.25, -0.2) is 0 Å². The lowest BCUT2D eigenvalue weighted by molar-refractivity contribution is 0.951. The van der Waals surface area contributed by atoms with Crippen LogP contribution in [-0.2, 0) is 0 Å². The van der Waals surface area contributed by atoms with E-state index in [1.165, 1.54) is 18.4 Å². The van der Waals surface area contributed by atoms with Gasteiger partial charge in [0, 0.05) is 7.05 Å². The minimum atomic E-state index is 1.18. The quantitative estimate of drug-likeness (QED) is 0.590. The van der Waals surface area contributed by atoms with E-state index >= 15 is 0 Å². The van der Waals surface area contributed by atoms with Gasteiger partial charge in [0.2, 0.25) is 0 Å². The van der Waals surface area contributed by atoms with Gasteiger partial charge in [-0.1, -0.05) is 25.0 Å². The van der Waals surface area contributed by atoms with Crippen molar-refractivity contribution >= 4 is 0 Å². The number of hydrogen-bond acceptors (Lipinski definition) is 1. The summed E-state index contributed by atoms with van der Waals surface area (Å²) in [4.78, 5) is 0. The van der Waals surface area contributed by atoms with Gasteiger partial charge in [0.25, 0.3) is 0 Å². The van der Waals surface area contributed by atoms with Crippen LogP contribution in [0.25, 0.3) is 0 Å². The minimum absolute atomic E-state index is 1.18. The molecule has 0 heterocycles. The van der Waals surface area contributed by atoms with Crippen LogP contribution in [-0.4, -0.2) is 7.05 Å². The summed E-state index contributed by atoms with van der Waals surface area (Å²) in [6.45, 7) is 4.30. The first-order valence-electron chi connectivity index (χ1n) is 3.81. The van der Waals surface area contributed by atoms with Gasteiger partial charge in [-0.2, -0.15) is 0 Å². The fourth-order valence-electron chi connectivity index (χ4n) is 0.655. The molecule has 0 aliphatic heterocycles. The van der Waals surface area contributed by atoms with Crippen LogP contribution in [0.5, 0.6) is 0 Å². The first kappa shape index (κ1) is 9.28. The molecule has 0 unspecified atom stereocenters. The molecule has 0 aromatic rings. The van der Waals surface area contributed by atoms with Gasteiger partial charge in [0.15, 0.2) is 0 Å². The molecule has 10 heavy (non-hydrogen) atoms. The predicted octanol–water partition coefficient (Wildman–Crippen LogP) is 2.47. The van der Waals surface area contributed by atoms with Crippen molar-refractivity contribution < 1.29 is 0 Å². The Balaban J connectivity index is 3.59. The van der Waals surface area contributed by atoms with E-state index in [1.807, 2.05) is 13.2 Å². The first-order valence-corrected chi connectivity index (χ1v) is 3.81. The van der Waals surface area contributed by atoms with Crippen LogP contribution >= 0.6 is 0 Å². The van der Waals surface area contributed by atoms with Crippen molar-refractivity contribution in [1.29, 1.82) is 0 Å². The lowest BCUT2D eigenvalue weighted by Crippen LogP contribution is -1.90. The van der Waals surface area contributed by atoms with Gasteiger partial charge in [-0.15, -0.1) is 0 Å². The zero-order valence-corrected chi connectivity index (χ0v) is 7.15. The number of unbranched alkanes of at least 4 members (excludes halogenated alkanes) is 1. The van der Waals surface area contributed by atoms with Gasteiger partial charge in [-0.05, 0) is 25.6 Å². The molecule has 0 amide bonds. The van der Waals surface area contributed by atoms with Crippen molar-refractivity contribution in [2.75, 3.05) is 7.05 Å². The molecule has 0 aliphatic rings. The van der Waals surface area contributed by atoms with E-state index in [0.717, 1.165) is 0 Å². The summed E-state index contributed by atoms with van der Waals surface area (Å²) in [5.74, 6) is 0. The molecule has 0 radical (unpaired) electrons. The molecule has 0 aromatic carbocycles. The number of rotatable bonds is 4. The first-order chi connectivity index (χ1) is 4.81. The third kappa shape index (κ3) is 5.42. The highest BCUT2D eigenvalue weighted by molar-refractivity contribution is 5.14. The highest BCUT2D eigenvalue weighted by atomic mass is 14.8. The molecule has 0 fully saturated rings. The summed E-state index contributed by atoms with van der Waals surface area (Å²) in [5, 5.41) is 2.95. The predicted molar refractivity (Wildman–Crippen MR) is 46.9 cm³/mol. The van der Waals surface area contributed by atoms with Gasteiger partial charge < -0.3 is 5.32 Å². The Hall–Kier alpha value is -0.720. The van der Waals surface area contributed by atoms with Crippen molar-refractivity contribution in [2.24, 2.45) is 0 Å². The highest BCUT2D eigenvalue weighted by Gasteiger charge is 1.78. The Morgan fingerprint density at radius 3 is 2.70 bits per heavy atom. The van der Waals surface area contributed by atoms with E-state index in [4.69, 9.17) is 0 Å². The Labute approximate surface area is 63.8 Å². The molecule has 0 bridgehead atoms. The second kappa shape index (κ2) is 6.40. The number of allylic oxidation sites excluding steroid dienone is 3. The maximum Gasteiger partial charge on any atom is 0.00277 e. The minimum Gasteiger partial charge on any atom is -0.394 e. The van der Waals surface area contributed by atoms with Crippen LogP contribution in [0.15, 0.2) is 23.9 Å². The van der Waals surface area contributed by atoms with Gasteiger partial charge >= 0.3 is 0 Å². The monoisotopic (exact) mass is 139 g/mol. The number of nitrogens with one attached hydrogen (secondary N) is 1. The van der Waals surface area contributed by atoms with E-state index in [0.29, 0.717) is 0 Å². The molecule has 0 atom stereocenters. The fourth-order valence-corrected chi connectivity index (χ4v) is 0.655. The van der Waals surface area contributed by atoms with E-state index in [9.17, 15) is 0 Å². The van der Waals surface area contributed by atoms with E-state index in [2.05, 4.69) is 31.3 Å². The van der Waals surface area contributed by atoms with Crippen molar-refractivity contribution in [3.8, 4) is 0 Å². The Morgan fingerprint density at radius 1 is 1.50 bits per heavy atom. The highest BCUT2D eigenvalue weighted by Crippen LogP contribution is 1.98. The van der Waals surface area contributed by atoms with Crippen molar-refractivity contribution in [1.82, 2.24) is 5.32 Å². The largest absolute Gasteiger partial charge is 0.394 e. The second-order valence-electron chi connectivity index (χ2n) is 2.36. The third-order valence-corrected chi connectivity index (χ3v) is 1.27. The summed E-state index contributed by atoms with van der Waals surface area (Å²) in [6.07, 6.45) is 8.68. The maximum atomic E-state index is 2.95. The summed E-state index contributed by atoms with van der Waals surface area (Å²) in [5.41, 5.74) is 1.33. The topological polar surface area (TPSA) is 12.0 Å². The van der Waals surface area contributed by atoms with Crippen LogP contribution in [0.1, 0.15) is 26.7 Å². The Bertz CT molecular complexity index is 123. The third-order valence-electron chi connectivity index (χ3n) is 1.27. The molecule has 0 aliphatic carbocycles. The molecule has 0 spiro atoms. The number of hydrogen-bond donors (Lipinski definition) is 1. The maximum absolute atomic E-state index is 2.95. The van der Waals surface area contributed by atoms with Crippen molar-refractivity contribution in [2.45, 2.75) is 26.7 Å². The molecule has 0 rings (SSSR count). The Morgan fingerprint density at radius 2 is 2.20 bits per heavy atom. The molecule has 58 valence electrons. The van der Waals surface area contributed by atoms with Crippen LogP contribution in [0.4, 0.5) is 0 Å². The fraction of sp³-hybridized carbons (Fsp3) is 0.556. The normalized spacial score (nSPS) is 12.5. The van der Waals surface area contributed by atoms with Crippen molar-refractivity contribution in [3.63, 3.8) is 0 Å². The molecule has 1 heteroatoms. The Kier molecular flexibility index (Phi) is 5.94. The molecule has 1 N–H and O–H groups in total. The summed E-state index contributed by atoms with van der Waals surface area (Å²) >= 11 is 0. The molecule has 0 saturated heterocycles. The van der Waals surface area contributed by atoms with Crippen LogP contribution in [0, 0.1) is 0 Å². The van der Waals surface area contributed by atoms with Crippen LogP contribution in [0.3, 0.4) is 0 Å². The van der Waals surface area contributed by atoms with E-state index in [-0.39, 0.29) is 0 Å². The van der Waals surface area contributed by atoms with E-state index in [1.54, 1.807) is 0 Å². The summed E-state index contributed by atoms with van der Waals surface area (Å²) in [7, 11) is 1.91. The zero-order chi connectivity index (χ0) is 7.82. The molecular weight excluding hydrogens is 122 g/mol. The molecule has 0 aromatic heterocycles. The average molecular weight is 139 g/mol. The van der Waals surface area contributed by atoms with Crippen molar-refractivity contribution in [3.05, 3.63) is 23.9 Å². The zero-order valence-electron chi connectivity index (χ0n) is 7.15. The average Bonchev–Trinajstić information content (AvgIpc) is 1.97. The molecule has 0 saturated carbocycles. The molecule has 1 nitrogen and oxygen atoms in total. The summed E-state index contributed by atoms with van der Waals surface area (Å²) in [6, 6.07) is 0.